The zero-order valence-corrected chi connectivity index (χ0v) is 14.4. The molecule has 1 saturated heterocycles. The van der Waals surface area contributed by atoms with Gasteiger partial charge < -0.3 is 15.4 Å². The first-order chi connectivity index (χ1) is 9.79. The molecule has 0 bridgehead atoms. The lowest BCUT2D eigenvalue weighted by atomic mass is 9.86. The second-order valence-corrected chi connectivity index (χ2v) is 7.46. The van der Waals surface area contributed by atoms with Gasteiger partial charge in [-0.3, -0.25) is 4.79 Å². The molecule has 1 aliphatic rings. The second kappa shape index (κ2) is 6.46. The molecule has 1 unspecified atom stereocenters. The van der Waals surface area contributed by atoms with E-state index in [0.717, 1.165) is 10.0 Å². The molecule has 4 nitrogen and oxygen atoms in total. The average Bonchev–Trinajstić information content (AvgIpc) is 2.45. The minimum Gasteiger partial charge on any atom is -0.370 e. The molecule has 5 heteroatoms. The summed E-state index contributed by atoms with van der Waals surface area (Å²) in [5.74, 6) is 0.00537. The van der Waals surface area contributed by atoms with Crippen molar-refractivity contribution < 1.29 is 9.53 Å². The minimum absolute atomic E-state index is 0.00537. The van der Waals surface area contributed by atoms with Gasteiger partial charge in [-0.2, -0.15) is 0 Å². The number of hydrogen-bond donors (Lipinski definition) is 1. The van der Waals surface area contributed by atoms with Gasteiger partial charge in [-0.25, -0.2) is 0 Å². The molecule has 0 aliphatic carbocycles. The summed E-state index contributed by atoms with van der Waals surface area (Å²) in [6.07, 6.45) is -0.0904. The summed E-state index contributed by atoms with van der Waals surface area (Å²) in [6.45, 7) is 7.66. The first-order valence-electron chi connectivity index (χ1n) is 7.20. The normalized spacial score (nSPS) is 21.2. The van der Waals surface area contributed by atoms with E-state index in [4.69, 9.17) is 10.5 Å². The van der Waals surface area contributed by atoms with Crippen molar-refractivity contribution >= 4 is 21.8 Å². The van der Waals surface area contributed by atoms with Gasteiger partial charge in [0.05, 0.1) is 19.2 Å². The van der Waals surface area contributed by atoms with Crippen LogP contribution in [0.15, 0.2) is 28.7 Å². The average molecular weight is 355 g/mol. The first-order valence-corrected chi connectivity index (χ1v) is 8.00. The lowest BCUT2D eigenvalue weighted by Crippen LogP contribution is -2.53. The highest BCUT2D eigenvalue weighted by Crippen LogP contribution is 2.26. The number of benzene rings is 1. The lowest BCUT2D eigenvalue weighted by Gasteiger charge is -2.37. The molecule has 0 aromatic heterocycles. The molecule has 1 aromatic carbocycles. The van der Waals surface area contributed by atoms with Crippen molar-refractivity contribution in [3.8, 4) is 0 Å². The fourth-order valence-corrected chi connectivity index (χ4v) is 2.74. The molecule has 0 saturated carbocycles. The molecular formula is C16H23BrN2O2. The van der Waals surface area contributed by atoms with Crippen LogP contribution in [0.3, 0.4) is 0 Å². The smallest absolute Gasteiger partial charge is 0.240 e. The summed E-state index contributed by atoms with van der Waals surface area (Å²) in [4.78, 5) is 14.3. The van der Waals surface area contributed by atoms with E-state index in [0.29, 0.717) is 19.7 Å². The number of nitrogens with two attached hydrogens (primary N) is 1. The predicted molar refractivity (Wildman–Crippen MR) is 86.8 cm³/mol. The summed E-state index contributed by atoms with van der Waals surface area (Å²) >= 11 is 3.47. The molecule has 1 aromatic rings. The number of carbonyl (C=O) groups excluding carboxylic acids is 1. The number of carbonyl (C=O) groups is 1. The molecule has 1 heterocycles. The maximum Gasteiger partial charge on any atom is 0.240 e. The Labute approximate surface area is 134 Å². The third-order valence-corrected chi connectivity index (χ3v) is 4.29. The van der Waals surface area contributed by atoms with Crippen LogP contribution in [0.25, 0.3) is 0 Å². The molecular weight excluding hydrogens is 332 g/mol. The van der Waals surface area contributed by atoms with Gasteiger partial charge in [0.1, 0.15) is 6.10 Å². The largest absolute Gasteiger partial charge is 0.370 e. The Morgan fingerprint density at radius 1 is 1.48 bits per heavy atom. The highest BCUT2D eigenvalue weighted by atomic mass is 79.9. The van der Waals surface area contributed by atoms with Crippen molar-refractivity contribution in [2.24, 2.45) is 11.1 Å². The van der Waals surface area contributed by atoms with E-state index in [1.54, 1.807) is 0 Å². The molecule has 2 atom stereocenters. The van der Waals surface area contributed by atoms with Crippen molar-refractivity contribution in [2.45, 2.75) is 32.9 Å². The van der Waals surface area contributed by atoms with Crippen molar-refractivity contribution in [3.05, 3.63) is 34.3 Å². The quantitative estimate of drug-likeness (QED) is 0.888. The summed E-state index contributed by atoms with van der Waals surface area (Å²) in [6, 6.07) is 7.52. The van der Waals surface area contributed by atoms with Crippen LogP contribution in [0.5, 0.6) is 0 Å². The van der Waals surface area contributed by atoms with E-state index < -0.39 is 6.04 Å². The standard InChI is InChI=1S/C16H23BrN2O2/c1-16(2,3)14(18)15(20)19-7-8-21-13(10-19)11-5-4-6-12(17)9-11/h4-6,9,13-14H,7-8,10,18H2,1-3H3/t13?,14-/m1/s1. The second-order valence-electron chi connectivity index (χ2n) is 6.54. The van der Waals surface area contributed by atoms with Crippen molar-refractivity contribution in [3.63, 3.8) is 0 Å². The topological polar surface area (TPSA) is 55.6 Å². The highest BCUT2D eigenvalue weighted by Gasteiger charge is 2.34. The SMILES string of the molecule is CC(C)(C)[C@H](N)C(=O)N1CCOC(c2cccc(Br)c2)C1. The number of hydrogen-bond acceptors (Lipinski definition) is 3. The first kappa shape index (κ1) is 16.5. The van der Waals surface area contributed by atoms with E-state index in [1.165, 1.54) is 0 Å². The Morgan fingerprint density at radius 3 is 2.81 bits per heavy atom. The number of halogens is 1. The molecule has 0 radical (unpaired) electrons. The summed E-state index contributed by atoms with van der Waals surface area (Å²) in [5, 5.41) is 0. The van der Waals surface area contributed by atoms with Crippen molar-refractivity contribution in [1.82, 2.24) is 4.90 Å². The Bertz CT molecular complexity index is 513. The Morgan fingerprint density at radius 2 is 2.19 bits per heavy atom. The molecule has 2 rings (SSSR count). The van der Waals surface area contributed by atoms with Gasteiger partial charge in [0.2, 0.25) is 5.91 Å². The summed E-state index contributed by atoms with van der Waals surface area (Å²) in [7, 11) is 0. The van der Waals surface area contributed by atoms with Gasteiger partial charge in [-0.1, -0.05) is 48.8 Å². The van der Waals surface area contributed by atoms with Crippen molar-refractivity contribution in [1.29, 1.82) is 0 Å². The van der Waals surface area contributed by atoms with Crippen molar-refractivity contribution in [2.75, 3.05) is 19.7 Å². The van der Waals surface area contributed by atoms with E-state index in [9.17, 15) is 4.79 Å². The number of morpholine rings is 1. The molecule has 1 aliphatic heterocycles. The molecule has 0 spiro atoms. The summed E-state index contributed by atoms with van der Waals surface area (Å²) < 4.78 is 6.82. The van der Waals surface area contributed by atoms with Gasteiger partial charge >= 0.3 is 0 Å². The van der Waals surface area contributed by atoms with Crippen LogP contribution in [0.4, 0.5) is 0 Å². The minimum atomic E-state index is -0.487. The predicted octanol–water partition coefficient (Wildman–Crippen LogP) is 2.72. The van der Waals surface area contributed by atoms with Crippen LogP contribution in [0.2, 0.25) is 0 Å². The number of ether oxygens (including phenoxy) is 1. The third kappa shape index (κ3) is 4.05. The maximum atomic E-state index is 12.5. The fraction of sp³-hybridized carbons (Fsp3) is 0.562. The number of rotatable bonds is 2. The Balaban J connectivity index is 2.09. The van der Waals surface area contributed by atoms with Gasteiger partial charge in [-0.15, -0.1) is 0 Å². The van der Waals surface area contributed by atoms with Crippen LogP contribution in [0.1, 0.15) is 32.4 Å². The fourth-order valence-electron chi connectivity index (χ4n) is 2.33. The van der Waals surface area contributed by atoms with E-state index in [-0.39, 0.29) is 17.4 Å². The molecule has 1 fully saturated rings. The van der Waals surface area contributed by atoms with Gasteiger partial charge in [0.25, 0.3) is 0 Å². The Hall–Kier alpha value is -0.910. The maximum absolute atomic E-state index is 12.5. The zero-order chi connectivity index (χ0) is 15.6. The van der Waals surface area contributed by atoms with Crippen LogP contribution in [-0.4, -0.2) is 36.5 Å². The van der Waals surface area contributed by atoms with E-state index in [1.807, 2.05) is 49.9 Å². The molecule has 1 amide bonds. The lowest BCUT2D eigenvalue weighted by molar-refractivity contribution is -0.142. The number of nitrogens with zero attached hydrogens (tertiary/aromatic N) is 1. The van der Waals surface area contributed by atoms with Gasteiger partial charge in [0.15, 0.2) is 0 Å². The highest BCUT2D eigenvalue weighted by molar-refractivity contribution is 9.10. The third-order valence-electron chi connectivity index (χ3n) is 3.80. The van der Waals surface area contributed by atoms with Crippen LogP contribution < -0.4 is 5.73 Å². The van der Waals surface area contributed by atoms with Crippen LogP contribution in [0, 0.1) is 5.41 Å². The molecule has 21 heavy (non-hydrogen) atoms. The van der Waals surface area contributed by atoms with Crippen LogP contribution >= 0.6 is 15.9 Å². The van der Waals surface area contributed by atoms with E-state index in [2.05, 4.69) is 15.9 Å². The Kier molecular flexibility index (Phi) is 5.07. The number of amides is 1. The monoisotopic (exact) mass is 354 g/mol. The zero-order valence-electron chi connectivity index (χ0n) is 12.8. The van der Waals surface area contributed by atoms with Gasteiger partial charge in [0, 0.05) is 11.0 Å². The van der Waals surface area contributed by atoms with Crippen LogP contribution in [-0.2, 0) is 9.53 Å². The van der Waals surface area contributed by atoms with Gasteiger partial charge in [-0.05, 0) is 23.1 Å². The van der Waals surface area contributed by atoms with E-state index >= 15 is 0 Å². The summed E-state index contributed by atoms with van der Waals surface area (Å²) in [5.41, 5.74) is 6.93. The molecule has 116 valence electrons. The molecule has 2 N–H and O–H groups in total.